The van der Waals surface area contributed by atoms with Crippen LogP contribution in [0.1, 0.15) is 40.5 Å². The van der Waals surface area contributed by atoms with Gasteiger partial charge in [0.05, 0.1) is 5.75 Å². The lowest BCUT2D eigenvalue weighted by molar-refractivity contribution is 0.350. The van der Waals surface area contributed by atoms with Crippen LogP contribution < -0.4 is 4.72 Å². The van der Waals surface area contributed by atoms with Crippen molar-refractivity contribution >= 4 is 10.0 Å². The van der Waals surface area contributed by atoms with Crippen LogP contribution in [0.3, 0.4) is 0 Å². The van der Waals surface area contributed by atoms with Crippen molar-refractivity contribution in [1.29, 1.82) is 0 Å². The molecular weight excluding hydrogens is 186 g/mol. The van der Waals surface area contributed by atoms with Crippen LogP contribution in [-0.4, -0.2) is 20.7 Å². The first-order chi connectivity index (χ1) is 5.83. The third kappa shape index (κ3) is 6.05. The minimum absolute atomic E-state index is 0.0564. The van der Waals surface area contributed by atoms with Crippen molar-refractivity contribution in [2.45, 2.75) is 40.5 Å². The molecule has 0 aliphatic heterocycles. The number of sulfonamides is 1. The fourth-order valence-corrected chi connectivity index (χ4v) is 2.06. The van der Waals surface area contributed by atoms with Crippen LogP contribution in [0, 0.1) is 5.41 Å². The van der Waals surface area contributed by atoms with Crippen LogP contribution in [0.2, 0.25) is 0 Å². The van der Waals surface area contributed by atoms with E-state index >= 15 is 0 Å². The van der Waals surface area contributed by atoms with Crippen LogP contribution in [0.25, 0.3) is 0 Å². The summed E-state index contributed by atoms with van der Waals surface area (Å²) in [4.78, 5) is 0. The van der Waals surface area contributed by atoms with Gasteiger partial charge in [0.1, 0.15) is 0 Å². The van der Waals surface area contributed by atoms with Gasteiger partial charge in [0.15, 0.2) is 0 Å². The van der Waals surface area contributed by atoms with E-state index in [-0.39, 0.29) is 11.2 Å². The van der Waals surface area contributed by atoms with E-state index in [2.05, 4.69) is 25.5 Å². The van der Waals surface area contributed by atoms with Gasteiger partial charge in [-0.05, 0) is 18.3 Å². The molecule has 80 valence electrons. The molecule has 4 heteroatoms. The molecule has 0 aliphatic rings. The van der Waals surface area contributed by atoms with Crippen molar-refractivity contribution in [2.24, 2.45) is 5.41 Å². The maximum absolute atomic E-state index is 11.3. The highest BCUT2D eigenvalue weighted by atomic mass is 32.2. The quantitative estimate of drug-likeness (QED) is 0.721. The third-order valence-corrected chi connectivity index (χ3v) is 3.73. The lowest BCUT2D eigenvalue weighted by Gasteiger charge is -2.22. The summed E-state index contributed by atoms with van der Waals surface area (Å²) in [6.07, 6.45) is 1.64. The molecule has 0 amide bonds. The summed E-state index contributed by atoms with van der Waals surface area (Å²) >= 11 is 0. The van der Waals surface area contributed by atoms with Gasteiger partial charge in [0.25, 0.3) is 0 Å². The molecule has 0 bridgehead atoms. The highest BCUT2D eigenvalue weighted by molar-refractivity contribution is 7.89. The van der Waals surface area contributed by atoms with Gasteiger partial charge in [-0.2, -0.15) is 0 Å². The maximum atomic E-state index is 11.3. The average Bonchev–Trinajstić information content (AvgIpc) is 2.02. The lowest BCUT2D eigenvalue weighted by atomic mass is 9.91. The highest BCUT2D eigenvalue weighted by Crippen LogP contribution is 2.17. The molecule has 0 rings (SSSR count). The predicted molar refractivity (Wildman–Crippen MR) is 56.2 cm³/mol. The smallest absolute Gasteiger partial charge is 0.211 e. The second kappa shape index (κ2) is 4.96. The van der Waals surface area contributed by atoms with E-state index in [1.165, 1.54) is 0 Å². The molecule has 0 aromatic carbocycles. The largest absolute Gasteiger partial charge is 0.215 e. The first-order valence-electron chi connectivity index (χ1n) is 4.80. The minimum atomic E-state index is -3.02. The number of rotatable bonds is 6. The van der Waals surface area contributed by atoms with Crippen molar-refractivity contribution < 1.29 is 8.42 Å². The fourth-order valence-electron chi connectivity index (χ4n) is 0.771. The Morgan fingerprint density at radius 3 is 2.15 bits per heavy atom. The van der Waals surface area contributed by atoms with Crippen LogP contribution in [0.4, 0.5) is 0 Å². The van der Waals surface area contributed by atoms with Crippen molar-refractivity contribution in [3.63, 3.8) is 0 Å². The molecule has 0 radical (unpaired) electrons. The van der Waals surface area contributed by atoms with Gasteiger partial charge >= 0.3 is 0 Å². The monoisotopic (exact) mass is 207 g/mol. The number of nitrogens with one attached hydrogen (secondary N) is 1. The zero-order valence-corrected chi connectivity index (χ0v) is 9.87. The van der Waals surface area contributed by atoms with Gasteiger partial charge in [0, 0.05) is 6.54 Å². The van der Waals surface area contributed by atoms with Crippen LogP contribution >= 0.6 is 0 Å². The van der Waals surface area contributed by atoms with Gasteiger partial charge < -0.3 is 0 Å². The van der Waals surface area contributed by atoms with Crippen LogP contribution in [0.5, 0.6) is 0 Å². The molecule has 0 spiro atoms. The molecule has 0 saturated heterocycles. The molecule has 0 aromatic heterocycles. The molecule has 0 atom stereocenters. The standard InChI is InChI=1S/C9H21NO2S/c1-5-7-13(11,12)10-8-9(3,4)6-2/h10H,5-8H2,1-4H3. The van der Waals surface area contributed by atoms with E-state index < -0.39 is 10.0 Å². The number of hydrogen-bond acceptors (Lipinski definition) is 2. The minimum Gasteiger partial charge on any atom is -0.215 e. The molecule has 0 aromatic rings. The van der Waals surface area contributed by atoms with Crippen LogP contribution in [-0.2, 0) is 10.0 Å². The zero-order chi connectivity index (χ0) is 10.5. The molecule has 0 heterocycles. The summed E-state index contributed by atoms with van der Waals surface area (Å²) in [5, 5.41) is 0. The van der Waals surface area contributed by atoms with E-state index in [1.54, 1.807) is 0 Å². The van der Waals surface area contributed by atoms with Gasteiger partial charge in [-0.15, -0.1) is 0 Å². The lowest BCUT2D eigenvalue weighted by Crippen LogP contribution is -2.34. The van der Waals surface area contributed by atoms with E-state index in [4.69, 9.17) is 0 Å². The van der Waals surface area contributed by atoms with Crippen molar-refractivity contribution in [2.75, 3.05) is 12.3 Å². The van der Waals surface area contributed by atoms with Gasteiger partial charge in [-0.3, -0.25) is 0 Å². The second-order valence-electron chi connectivity index (χ2n) is 4.16. The molecule has 13 heavy (non-hydrogen) atoms. The number of hydrogen-bond donors (Lipinski definition) is 1. The fraction of sp³-hybridized carbons (Fsp3) is 1.00. The molecule has 0 saturated carbocycles. The van der Waals surface area contributed by atoms with E-state index in [9.17, 15) is 8.42 Å². The summed E-state index contributed by atoms with van der Waals surface area (Å²) in [5.41, 5.74) is 0.0564. The molecule has 0 fully saturated rings. The highest BCUT2D eigenvalue weighted by Gasteiger charge is 2.18. The molecular formula is C9H21NO2S. The van der Waals surface area contributed by atoms with Crippen molar-refractivity contribution in [3.05, 3.63) is 0 Å². The third-order valence-electron chi connectivity index (χ3n) is 2.20. The summed E-state index contributed by atoms with van der Waals surface area (Å²) in [5.74, 6) is 0.229. The molecule has 0 aliphatic carbocycles. The Bertz CT molecular complexity index is 232. The Balaban J connectivity index is 4.02. The van der Waals surface area contributed by atoms with Crippen molar-refractivity contribution in [3.8, 4) is 0 Å². The maximum Gasteiger partial charge on any atom is 0.211 e. The topological polar surface area (TPSA) is 46.2 Å². The normalized spacial score (nSPS) is 13.2. The SMILES string of the molecule is CCCS(=O)(=O)NCC(C)(C)CC. The summed E-state index contributed by atoms with van der Waals surface area (Å²) < 4.78 is 25.2. The molecule has 3 nitrogen and oxygen atoms in total. The Morgan fingerprint density at radius 1 is 1.23 bits per heavy atom. The Kier molecular flexibility index (Phi) is 4.92. The average molecular weight is 207 g/mol. The Labute approximate surface area is 82.0 Å². The van der Waals surface area contributed by atoms with E-state index in [0.717, 1.165) is 6.42 Å². The van der Waals surface area contributed by atoms with Crippen LogP contribution in [0.15, 0.2) is 0 Å². The summed E-state index contributed by atoms with van der Waals surface area (Å²) in [7, 11) is -3.02. The Morgan fingerprint density at radius 2 is 1.77 bits per heavy atom. The van der Waals surface area contributed by atoms with E-state index in [0.29, 0.717) is 13.0 Å². The van der Waals surface area contributed by atoms with Gasteiger partial charge in [-0.25, -0.2) is 13.1 Å². The van der Waals surface area contributed by atoms with E-state index in [1.807, 2.05) is 6.92 Å². The molecule has 0 unspecified atom stereocenters. The second-order valence-corrected chi connectivity index (χ2v) is 6.08. The first kappa shape index (κ1) is 12.9. The van der Waals surface area contributed by atoms with Gasteiger partial charge in [0.2, 0.25) is 10.0 Å². The first-order valence-corrected chi connectivity index (χ1v) is 6.45. The predicted octanol–water partition coefficient (Wildman–Crippen LogP) is 1.75. The summed E-state index contributed by atoms with van der Waals surface area (Å²) in [6.45, 7) is 8.58. The Hall–Kier alpha value is -0.0900. The van der Waals surface area contributed by atoms with Crippen molar-refractivity contribution in [1.82, 2.24) is 4.72 Å². The summed E-state index contributed by atoms with van der Waals surface area (Å²) in [6, 6.07) is 0. The van der Waals surface area contributed by atoms with Gasteiger partial charge in [-0.1, -0.05) is 27.7 Å². The molecule has 1 N–H and O–H groups in total. The zero-order valence-electron chi connectivity index (χ0n) is 9.05.